The fraction of sp³-hybridized carbons (Fsp3) is 0.172. The van der Waals surface area contributed by atoms with Crippen molar-refractivity contribution in [3.05, 3.63) is 432 Å². The van der Waals surface area contributed by atoms with E-state index in [0.29, 0.717) is 0 Å². The first kappa shape index (κ1) is 82.2. The van der Waals surface area contributed by atoms with E-state index < -0.39 is 0 Å². The number of rotatable bonds is 22. The summed E-state index contributed by atoms with van der Waals surface area (Å²) in [6, 6.07) is 136. The number of fused-ring (bicyclic) bond motifs is 2. The molecule has 0 radical (unpaired) electrons. The lowest BCUT2D eigenvalue weighted by atomic mass is 9.75. The van der Waals surface area contributed by atoms with Crippen LogP contribution in [0.25, 0.3) is 44.5 Å². The molecule has 18 rings (SSSR count). The van der Waals surface area contributed by atoms with Gasteiger partial charge in [0.2, 0.25) is 0 Å². The first-order valence-corrected chi connectivity index (χ1v) is 43.0. The van der Waals surface area contributed by atoms with Crippen LogP contribution in [0.15, 0.2) is 376 Å². The minimum atomic E-state index is -0.249. The second kappa shape index (κ2) is 34.4. The van der Waals surface area contributed by atoms with E-state index in [-0.39, 0.29) is 21.7 Å². The van der Waals surface area contributed by atoms with Crippen LogP contribution < -0.4 is 38.5 Å². The van der Waals surface area contributed by atoms with E-state index in [1.807, 2.05) is 24.3 Å². The summed E-state index contributed by atoms with van der Waals surface area (Å²) < 4.78 is 22.9. The van der Waals surface area contributed by atoms with Gasteiger partial charge in [0.15, 0.2) is 0 Å². The zero-order valence-corrected chi connectivity index (χ0v) is 73.6. The maximum absolute atomic E-state index is 5.99. The Hall–Kier alpha value is -14.1. The van der Waals surface area contributed by atoms with Crippen LogP contribution in [0.5, 0.6) is 23.0 Å². The van der Waals surface area contributed by atoms with Crippen LogP contribution in [0, 0.1) is 27.7 Å². The third-order valence-corrected chi connectivity index (χ3v) is 25.7. The molecule has 124 heavy (non-hydrogen) atoms. The third kappa shape index (κ3) is 16.2. The molecule has 2 aliphatic rings. The predicted molar refractivity (Wildman–Crippen MR) is 520 cm³/mol. The Labute approximate surface area is 733 Å². The van der Waals surface area contributed by atoms with Gasteiger partial charge in [0.25, 0.3) is 0 Å². The molecule has 0 N–H and O–H groups in total. The molecule has 0 spiro atoms. The highest BCUT2D eigenvalue weighted by Gasteiger charge is 2.48. The van der Waals surface area contributed by atoms with Crippen molar-refractivity contribution in [2.24, 2.45) is 0 Å². The summed E-state index contributed by atoms with van der Waals surface area (Å²) in [5.74, 6) is 3.37. The number of hydrogen-bond acceptors (Lipinski definition) is 8. The normalized spacial score (nSPS) is 15.1. The van der Waals surface area contributed by atoms with Crippen molar-refractivity contribution < 1.29 is 18.9 Å². The third-order valence-electron chi connectivity index (χ3n) is 25.7. The van der Waals surface area contributed by atoms with Crippen LogP contribution in [0.2, 0.25) is 0 Å². The summed E-state index contributed by atoms with van der Waals surface area (Å²) in [6.45, 7) is 23.1. The van der Waals surface area contributed by atoms with Gasteiger partial charge >= 0.3 is 0 Å². The Morgan fingerprint density at radius 1 is 0.218 bits per heavy atom. The van der Waals surface area contributed by atoms with E-state index in [1.54, 1.807) is 28.4 Å². The van der Waals surface area contributed by atoms with Crippen molar-refractivity contribution in [2.75, 3.05) is 48.0 Å². The van der Waals surface area contributed by atoms with Gasteiger partial charge in [0.05, 0.1) is 28.4 Å². The van der Waals surface area contributed by atoms with Gasteiger partial charge in [-0.15, -0.1) is 0 Å². The molecule has 0 aromatic heterocycles. The lowest BCUT2D eigenvalue weighted by Crippen LogP contribution is -2.23. The Morgan fingerprint density at radius 2 is 0.460 bits per heavy atom. The summed E-state index contributed by atoms with van der Waals surface area (Å²) >= 11 is 0. The van der Waals surface area contributed by atoms with Crippen molar-refractivity contribution in [2.45, 2.75) is 104 Å². The fourth-order valence-corrected chi connectivity index (χ4v) is 19.4. The molecule has 2 unspecified atom stereocenters. The van der Waals surface area contributed by atoms with E-state index in [1.165, 1.54) is 77.9 Å². The van der Waals surface area contributed by atoms with Crippen molar-refractivity contribution in [1.29, 1.82) is 0 Å². The van der Waals surface area contributed by atoms with Crippen molar-refractivity contribution >= 4 is 68.2 Å². The van der Waals surface area contributed by atoms with Gasteiger partial charge in [-0.2, -0.15) is 0 Å². The summed E-state index contributed by atoms with van der Waals surface area (Å²) in [4.78, 5) is 9.46. The van der Waals surface area contributed by atoms with E-state index >= 15 is 0 Å². The molecule has 2 atom stereocenters. The van der Waals surface area contributed by atoms with Crippen LogP contribution in [0.4, 0.5) is 68.2 Å². The standard InChI is InChI=1S/C70H62N2O2.C46H46N2O2/c1-48-28-32-56(42-61(48)50-20-12-8-13-21-50)71(58-37-40-67(73-6)63(44-58)52-24-16-10-17-25-52)55-34-30-54(31-35-55)70(5)47-69(3,4)66-46-60(36-39-65(66)70)72(57-33-29-49(2)62(43-57)51-22-14-9-15-23-51)59-38-41-68(74-7)64(45-59)53-26-18-11-19-27-53;1-32-8-14-35(15-9-32)47(38-20-25-41(49-6)26-21-38)37-18-12-34(13-19-37)46(5)31-45(3,4)44-30-40(24-29-43(44)46)48(36-16-10-33(2)11-17-36)39-22-27-42(50-7)28-23-39/h8-46H,47H2,1-7H3;8-30H,31H2,1-7H3. The summed E-state index contributed by atoms with van der Waals surface area (Å²) in [5, 5.41) is 0. The maximum Gasteiger partial charge on any atom is 0.126 e. The fourth-order valence-electron chi connectivity index (χ4n) is 19.4. The van der Waals surface area contributed by atoms with E-state index in [4.69, 9.17) is 18.9 Å². The molecule has 0 aliphatic heterocycles. The number of nitrogens with zero attached hydrogens (tertiary/aromatic N) is 4. The summed E-state index contributed by atoms with van der Waals surface area (Å²) in [6.07, 6.45) is 1.98. The van der Waals surface area contributed by atoms with E-state index in [2.05, 4.69) is 441 Å². The second-order valence-corrected chi connectivity index (χ2v) is 35.0. The molecular weight excluding hydrogens is 1510 g/mol. The van der Waals surface area contributed by atoms with Gasteiger partial charge < -0.3 is 38.5 Å². The van der Waals surface area contributed by atoms with Crippen LogP contribution in [0.1, 0.15) is 110 Å². The molecule has 0 saturated heterocycles. The summed E-state index contributed by atoms with van der Waals surface area (Å²) in [5.41, 5.74) is 34.8. The molecule has 0 saturated carbocycles. The molecule has 616 valence electrons. The van der Waals surface area contributed by atoms with Crippen molar-refractivity contribution in [3.8, 4) is 67.5 Å². The van der Waals surface area contributed by atoms with Crippen molar-refractivity contribution in [1.82, 2.24) is 0 Å². The van der Waals surface area contributed by atoms with Crippen LogP contribution in [0.3, 0.4) is 0 Å². The van der Waals surface area contributed by atoms with Crippen LogP contribution in [-0.4, -0.2) is 28.4 Å². The largest absolute Gasteiger partial charge is 0.497 e. The van der Waals surface area contributed by atoms with E-state index in [0.717, 1.165) is 126 Å². The van der Waals surface area contributed by atoms with Crippen LogP contribution >= 0.6 is 0 Å². The molecule has 0 heterocycles. The Bertz CT molecular complexity index is 6460. The zero-order chi connectivity index (χ0) is 86.0. The second-order valence-electron chi connectivity index (χ2n) is 35.0. The smallest absolute Gasteiger partial charge is 0.126 e. The number of methoxy groups -OCH3 is 4. The van der Waals surface area contributed by atoms with Gasteiger partial charge in [-0.05, 0) is 311 Å². The van der Waals surface area contributed by atoms with Gasteiger partial charge in [-0.25, -0.2) is 0 Å². The number of benzene rings is 16. The molecule has 8 nitrogen and oxygen atoms in total. The van der Waals surface area contributed by atoms with Gasteiger partial charge in [-0.3, -0.25) is 0 Å². The highest BCUT2D eigenvalue weighted by Crippen LogP contribution is 2.58. The Balaban J connectivity index is 0.000000190. The lowest BCUT2D eigenvalue weighted by Gasteiger charge is -2.31. The molecule has 8 heteroatoms. The summed E-state index contributed by atoms with van der Waals surface area (Å²) in [7, 11) is 6.91. The average molecular weight is 1620 g/mol. The average Bonchev–Trinajstić information content (AvgIpc) is 1.57. The molecule has 0 fully saturated rings. The molecule has 16 aromatic rings. The van der Waals surface area contributed by atoms with Gasteiger partial charge in [-0.1, -0.05) is 247 Å². The highest BCUT2D eigenvalue weighted by molar-refractivity contribution is 5.89. The Kier molecular flexibility index (Phi) is 22.8. The first-order valence-electron chi connectivity index (χ1n) is 43.0. The molecule has 0 amide bonds. The number of hydrogen-bond donors (Lipinski definition) is 0. The quantitative estimate of drug-likeness (QED) is 0.0665. The number of aryl methyl sites for hydroxylation is 4. The SMILES string of the molecule is COc1ccc(N(c2ccc(C)cc2)c2ccc(C3(C)CC(C)(C)c4cc(N(c5ccc(C)cc5)c5ccc(OC)cc5)ccc43)cc2)cc1.COc1ccc(N(c2ccc(C3(C)CC(C)(C)c4cc(N(c5ccc(C)c(-c6ccccc6)c5)c5ccc(OC)c(-c6ccccc6)c5)ccc43)cc2)c2ccc(C)c(-c3ccccc3)c2)cc1-c1ccccc1. The monoisotopic (exact) mass is 1620 g/mol. The highest BCUT2D eigenvalue weighted by atomic mass is 16.5. The van der Waals surface area contributed by atoms with E-state index in [9.17, 15) is 0 Å². The molecule has 2 aliphatic carbocycles. The zero-order valence-electron chi connectivity index (χ0n) is 73.6. The maximum atomic E-state index is 5.99. The topological polar surface area (TPSA) is 49.9 Å². The van der Waals surface area contributed by atoms with Crippen molar-refractivity contribution in [3.63, 3.8) is 0 Å². The number of ether oxygens (including phenoxy) is 4. The van der Waals surface area contributed by atoms with Crippen LogP contribution in [-0.2, 0) is 21.7 Å². The minimum Gasteiger partial charge on any atom is -0.497 e. The Morgan fingerprint density at radius 3 is 0.774 bits per heavy atom. The first-order chi connectivity index (χ1) is 60.1. The minimum absolute atomic E-state index is 0.0192. The number of anilines is 12. The predicted octanol–water partition coefficient (Wildman–Crippen LogP) is 31.2. The molecular formula is C116H108N4O4. The molecule has 16 aromatic carbocycles. The van der Waals surface area contributed by atoms with Gasteiger partial charge in [0.1, 0.15) is 23.0 Å². The molecule has 0 bridgehead atoms. The lowest BCUT2D eigenvalue weighted by molar-refractivity contribution is 0.414. The van der Waals surface area contributed by atoms with Gasteiger partial charge in [0, 0.05) is 90.2 Å².